The van der Waals surface area contributed by atoms with Crippen LogP contribution in [-0.4, -0.2) is 29.4 Å². The van der Waals surface area contributed by atoms with Crippen LogP contribution in [0.1, 0.15) is 43.2 Å². The van der Waals surface area contributed by atoms with Gasteiger partial charge in [-0.2, -0.15) is 0 Å². The first-order chi connectivity index (χ1) is 9.24. The maximum absolute atomic E-state index is 3.81. The van der Waals surface area contributed by atoms with Gasteiger partial charge in [-0.15, -0.1) is 0 Å². The highest BCUT2D eigenvalue weighted by atomic mass is 79.9. The molecule has 0 spiro atoms. The fraction of sp³-hybridized carbons (Fsp3) is 0.647. The maximum Gasteiger partial charge on any atom is 0.0195 e. The van der Waals surface area contributed by atoms with Gasteiger partial charge in [0.05, 0.1) is 0 Å². The van der Waals surface area contributed by atoms with Gasteiger partial charge < -0.3 is 4.90 Å². The van der Waals surface area contributed by atoms with E-state index in [1.165, 1.54) is 45.3 Å². The van der Waals surface area contributed by atoms with Crippen molar-refractivity contribution in [1.82, 2.24) is 4.90 Å². The van der Waals surface area contributed by atoms with Crippen LogP contribution in [0.2, 0.25) is 0 Å². The van der Waals surface area contributed by atoms with E-state index in [4.69, 9.17) is 0 Å². The van der Waals surface area contributed by atoms with Crippen LogP contribution in [0.15, 0.2) is 24.3 Å². The molecule has 1 heterocycles. The van der Waals surface area contributed by atoms with E-state index in [2.05, 4.69) is 52.0 Å². The molecule has 1 aliphatic heterocycles. The summed E-state index contributed by atoms with van der Waals surface area (Å²) in [5, 5.41) is 0. The summed E-state index contributed by atoms with van der Waals surface area (Å²) in [6, 6.07) is 9.10. The van der Waals surface area contributed by atoms with Crippen LogP contribution in [0.3, 0.4) is 0 Å². The Labute approximate surface area is 125 Å². The number of rotatable bonds is 2. The number of halogens is 1. The van der Waals surface area contributed by atoms with Gasteiger partial charge in [0.25, 0.3) is 0 Å². The Morgan fingerprint density at radius 2 is 2.11 bits per heavy atom. The largest absolute Gasteiger partial charge is 0.302 e. The van der Waals surface area contributed by atoms with Crippen molar-refractivity contribution in [3.05, 3.63) is 35.4 Å². The smallest absolute Gasteiger partial charge is 0.0195 e. The molecule has 0 saturated carbocycles. The highest BCUT2D eigenvalue weighted by molar-refractivity contribution is 9.09. The standard InChI is InChI=1S/C17H24BrN/c1-13-11-19(10-9-17(13)18)12-15-7-4-6-14-5-2-3-8-16(14)15/h2-3,5,8,13,15,17H,4,6-7,9-12H2,1H3. The summed E-state index contributed by atoms with van der Waals surface area (Å²) in [4.78, 5) is 3.41. The molecule has 3 atom stereocenters. The second kappa shape index (κ2) is 5.97. The Morgan fingerprint density at radius 1 is 1.26 bits per heavy atom. The predicted octanol–water partition coefficient (Wildman–Crippen LogP) is 4.21. The van der Waals surface area contributed by atoms with Crippen LogP contribution < -0.4 is 0 Å². The molecule has 1 aromatic rings. The van der Waals surface area contributed by atoms with Gasteiger partial charge in [0.2, 0.25) is 0 Å². The molecule has 0 aromatic heterocycles. The highest BCUT2D eigenvalue weighted by Crippen LogP contribution is 2.33. The summed E-state index contributed by atoms with van der Waals surface area (Å²) in [7, 11) is 0. The molecule has 104 valence electrons. The summed E-state index contributed by atoms with van der Waals surface area (Å²) in [6.07, 6.45) is 5.33. The number of alkyl halides is 1. The molecule has 19 heavy (non-hydrogen) atoms. The third-order valence-electron chi connectivity index (χ3n) is 4.86. The van der Waals surface area contributed by atoms with Gasteiger partial charge in [0, 0.05) is 17.9 Å². The average molecular weight is 322 g/mol. The van der Waals surface area contributed by atoms with Gasteiger partial charge in [0.1, 0.15) is 0 Å². The van der Waals surface area contributed by atoms with Crippen LogP contribution in [0.25, 0.3) is 0 Å². The molecule has 1 saturated heterocycles. The van der Waals surface area contributed by atoms with Crippen LogP contribution in [0.4, 0.5) is 0 Å². The van der Waals surface area contributed by atoms with Crippen molar-refractivity contribution >= 4 is 15.9 Å². The third kappa shape index (κ3) is 3.05. The molecule has 2 aliphatic rings. The summed E-state index contributed by atoms with van der Waals surface area (Å²) in [5.41, 5.74) is 3.23. The number of aryl methyl sites for hydroxylation is 1. The number of fused-ring (bicyclic) bond motifs is 1. The summed E-state index contributed by atoms with van der Waals surface area (Å²) in [5.74, 6) is 1.55. The quantitative estimate of drug-likeness (QED) is 0.737. The van der Waals surface area contributed by atoms with E-state index in [0.717, 1.165) is 16.7 Å². The van der Waals surface area contributed by atoms with Gasteiger partial charge in [-0.25, -0.2) is 0 Å². The van der Waals surface area contributed by atoms with Crippen LogP contribution >= 0.6 is 15.9 Å². The van der Waals surface area contributed by atoms with Crippen LogP contribution in [0, 0.1) is 5.92 Å². The topological polar surface area (TPSA) is 3.24 Å². The van der Waals surface area contributed by atoms with E-state index in [-0.39, 0.29) is 0 Å². The number of nitrogens with zero attached hydrogens (tertiary/aromatic N) is 1. The minimum atomic E-state index is 0.724. The number of hydrogen-bond donors (Lipinski definition) is 0. The molecule has 1 fully saturated rings. The van der Waals surface area contributed by atoms with Crippen molar-refractivity contribution in [3.8, 4) is 0 Å². The summed E-state index contributed by atoms with van der Waals surface area (Å²) >= 11 is 3.81. The Balaban J connectivity index is 1.68. The van der Waals surface area contributed by atoms with Gasteiger partial charge >= 0.3 is 0 Å². The third-order valence-corrected chi connectivity index (χ3v) is 6.22. The minimum absolute atomic E-state index is 0.724. The zero-order valence-electron chi connectivity index (χ0n) is 11.8. The zero-order valence-corrected chi connectivity index (χ0v) is 13.4. The van der Waals surface area contributed by atoms with Crippen LogP contribution in [-0.2, 0) is 6.42 Å². The molecule has 1 aromatic carbocycles. The molecule has 0 radical (unpaired) electrons. The lowest BCUT2D eigenvalue weighted by molar-refractivity contribution is 0.176. The summed E-state index contributed by atoms with van der Waals surface area (Å²) in [6.45, 7) is 6.16. The summed E-state index contributed by atoms with van der Waals surface area (Å²) < 4.78 is 0. The van der Waals surface area contributed by atoms with Crippen molar-refractivity contribution in [2.45, 2.75) is 43.4 Å². The number of likely N-dealkylation sites (tertiary alicyclic amines) is 1. The first-order valence-corrected chi connectivity index (χ1v) is 8.60. The second-order valence-corrected chi connectivity index (χ2v) is 7.51. The van der Waals surface area contributed by atoms with Gasteiger partial charge in [-0.05, 0) is 55.2 Å². The van der Waals surface area contributed by atoms with E-state index in [1.54, 1.807) is 11.1 Å². The van der Waals surface area contributed by atoms with Gasteiger partial charge in [-0.1, -0.05) is 47.1 Å². The van der Waals surface area contributed by atoms with E-state index in [1.807, 2.05) is 0 Å². The van der Waals surface area contributed by atoms with Gasteiger partial charge in [0.15, 0.2) is 0 Å². The predicted molar refractivity (Wildman–Crippen MR) is 85.1 cm³/mol. The van der Waals surface area contributed by atoms with E-state index in [9.17, 15) is 0 Å². The maximum atomic E-state index is 3.81. The van der Waals surface area contributed by atoms with Crippen molar-refractivity contribution in [1.29, 1.82) is 0 Å². The molecular weight excluding hydrogens is 298 g/mol. The zero-order chi connectivity index (χ0) is 13.2. The number of benzene rings is 1. The van der Waals surface area contributed by atoms with Crippen molar-refractivity contribution in [3.63, 3.8) is 0 Å². The lowest BCUT2D eigenvalue weighted by atomic mass is 9.82. The van der Waals surface area contributed by atoms with Crippen molar-refractivity contribution < 1.29 is 0 Å². The van der Waals surface area contributed by atoms with Crippen molar-refractivity contribution in [2.24, 2.45) is 5.92 Å². The lowest BCUT2D eigenvalue weighted by Crippen LogP contribution is -2.42. The van der Waals surface area contributed by atoms with E-state index >= 15 is 0 Å². The highest BCUT2D eigenvalue weighted by Gasteiger charge is 2.27. The molecule has 0 bridgehead atoms. The molecule has 2 heteroatoms. The Hall–Kier alpha value is -0.340. The van der Waals surface area contributed by atoms with Crippen LogP contribution in [0.5, 0.6) is 0 Å². The fourth-order valence-electron chi connectivity index (χ4n) is 3.73. The Bertz CT molecular complexity index is 431. The monoisotopic (exact) mass is 321 g/mol. The average Bonchev–Trinajstić information content (AvgIpc) is 2.43. The first kappa shape index (κ1) is 13.6. The molecule has 3 rings (SSSR count). The number of piperidine rings is 1. The first-order valence-electron chi connectivity index (χ1n) is 7.68. The molecule has 3 unspecified atom stereocenters. The molecule has 1 aliphatic carbocycles. The van der Waals surface area contributed by atoms with E-state index < -0.39 is 0 Å². The van der Waals surface area contributed by atoms with E-state index in [0.29, 0.717) is 0 Å². The number of hydrogen-bond acceptors (Lipinski definition) is 1. The lowest BCUT2D eigenvalue weighted by Gasteiger charge is -2.37. The minimum Gasteiger partial charge on any atom is -0.302 e. The molecule has 1 nitrogen and oxygen atoms in total. The van der Waals surface area contributed by atoms with Crippen molar-refractivity contribution in [2.75, 3.05) is 19.6 Å². The SMILES string of the molecule is CC1CN(CC2CCCc3ccccc32)CCC1Br. The Morgan fingerprint density at radius 3 is 2.95 bits per heavy atom. The Kier molecular flexibility index (Phi) is 4.28. The van der Waals surface area contributed by atoms with Gasteiger partial charge in [-0.3, -0.25) is 0 Å². The second-order valence-electron chi connectivity index (χ2n) is 6.33. The normalized spacial score (nSPS) is 32.0. The fourth-order valence-corrected chi connectivity index (χ4v) is 4.10. The molecular formula is C17H24BrN. The molecule has 0 amide bonds. The molecule has 0 N–H and O–H groups in total.